The van der Waals surface area contributed by atoms with E-state index in [9.17, 15) is 0 Å². The van der Waals surface area contributed by atoms with E-state index in [1.165, 1.54) is 17.5 Å². The Morgan fingerprint density at radius 3 is 2.54 bits per heavy atom. The number of furan rings is 1. The lowest BCUT2D eigenvalue weighted by Gasteiger charge is -2.42. The van der Waals surface area contributed by atoms with Crippen molar-refractivity contribution in [3.63, 3.8) is 0 Å². The highest BCUT2D eigenvalue weighted by atomic mass is 16.3. The maximum atomic E-state index is 9.04. The van der Waals surface area contributed by atoms with Gasteiger partial charge in [-0.1, -0.05) is 77.6 Å². The molecule has 0 spiro atoms. The summed E-state index contributed by atoms with van der Waals surface area (Å²) in [5.74, 6) is 0.0722. The van der Waals surface area contributed by atoms with Gasteiger partial charge >= 0.3 is 0 Å². The number of pyridine rings is 2. The predicted molar refractivity (Wildman–Crippen MR) is 161 cm³/mol. The number of aryl methyl sites for hydroxylation is 2. The molecule has 5 aromatic rings. The average Bonchev–Trinajstić information content (AvgIpc) is 3.59. The molecule has 0 amide bonds. The minimum atomic E-state index is -1.35. The quantitative estimate of drug-likeness (QED) is 0.223. The van der Waals surface area contributed by atoms with E-state index in [0.717, 1.165) is 81.7 Å². The van der Waals surface area contributed by atoms with Crippen LogP contribution in [0.4, 0.5) is 0 Å². The summed E-state index contributed by atoms with van der Waals surface area (Å²) in [5, 5.41) is 3.24. The molecule has 0 unspecified atom stereocenters. The molecular weight excluding hydrogens is 476 g/mol. The number of benzene rings is 2. The van der Waals surface area contributed by atoms with Crippen LogP contribution in [-0.4, -0.2) is 4.98 Å². The first-order valence-corrected chi connectivity index (χ1v) is 14.7. The molecule has 0 atom stereocenters. The Hall–Kier alpha value is -3.20. The van der Waals surface area contributed by atoms with Crippen LogP contribution in [0.2, 0.25) is 0 Å². The van der Waals surface area contributed by atoms with Gasteiger partial charge in [0.2, 0.25) is 11.4 Å². The molecule has 0 N–H and O–H groups in total. The van der Waals surface area contributed by atoms with Crippen molar-refractivity contribution in [3.8, 4) is 11.3 Å². The maximum Gasteiger partial charge on any atom is 0.227 e. The van der Waals surface area contributed by atoms with E-state index in [1.54, 1.807) is 0 Å². The molecule has 0 saturated heterocycles. The SMILES string of the molecule is [2H]C([2H])(c1cc[n+](C)c(-c2c(C)ccc3c2oc2nc4c5c(ccc4cc23)C(C)(C)CCC5(C)C)c1)C1CCCC1. The van der Waals surface area contributed by atoms with E-state index in [4.69, 9.17) is 12.1 Å². The van der Waals surface area contributed by atoms with Gasteiger partial charge < -0.3 is 4.42 Å². The summed E-state index contributed by atoms with van der Waals surface area (Å²) in [6.45, 7) is 11.5. The summed E-state index contributed by atoms with van der Waals surface area (Å²) >= 11 is 0. The van der Waals surface area contributed by atoms with Crippen molar-refractivity contribution in [1.82, 2.24) is 4.98 Å². The van der Waals surface area contributed by atoms with E-state index in [0.29, 0.717) is 5.71 Å². The standard InChI is InChI=1S/C36H41N2O/c1-22-11-13-26-27-21-25-12-14-28-31(36(4,5)17-16-35(28,2)3)32(25)37-34(27)39-33(26)30(22)29-20-24(15-18-38(29)6)19-23-9-7-8-10-23/h11-15,18,20-21,23H,7-10,16-17,19H2,1-6H3/q+1/i19D2. The lowest BCUT2D eigenvalue weighted by atomic mass is 9.62. The predicted octanol–water partition coefficient (Wildman–Crippen LogP) is 9.02. The molecule has 0 radical (unpaired) electrons. The minimum absolute atomic E-state index is 0.0470. The van der Waals surface area contributed by atoms with Crippen LogP contribution in [0.1, 0.15) is 91.2 Å². The molecule has 0 bridgehead atoms. The zero-order valence-electron chi connectivity index (χ0n) is 26.2. The fourth-order valence-electron chi connectivity index (χ4n) is 7.26. The fraction of sp³-hybridized carbons (Fsp3) is 0.444. The Bertz CT molecular complexity index is 1860. The van der Waals surface area contributed by atoms with Crippen LogP contribution in [0.3, 0.4) is 0 Å². The van der Waals surface area contributed by atoms with E-state index in [2.05, 4.69) is 75.6 Å². The first kappa shape index (κ1) is 22.6. The summed E-state index contributed by atoms with van der Waals surface area (Å²) in [5.41, 5.74) is 9.33. The molecule has 3 nitrogen and oxygen atoms in total. The summed E-state index contributed by atoms with van der Waals surface area (Å²) in [6, 6.07) is 15.2. The van der Waals surface area contributed by atoms with Crippen LogP contribution in [0, 0.1) is 12.8 Å². The van der Waals surface area contributed by atoms with Gasteiger partial charge in [-0.25, -0.2) is 9.55 Å². The minimum Gasteiger partial charge on any atom is -0.437 e. The van der Waals surface area contributed by atoms with Crippen molar-refractivity contribution in [3.05, 3.63) is 70.9 Å². The second-order valence-electron chi connectivity index (χ2n) is 13.4. The normalized spacial score (nSPS) is 19.9. The van der Waals surface area contributed by atoms with E-state index >= 15 is 0 Å². The monoisotopic (exact) mass is 519 g/mol. The first-order chi connectivity index (χ1) is 19.4. The molecule has 3 aromatic heterocycles. The van der Waals surface area contributed by atoms with Crippen LogP contribution < -0.4 is 4.57 Å². The summed E-state index contributed by atoms with van der Waals surface area (Å²) in [6.07, 6.45) is 7.11. The molecule has 200 valence electrons. The van der Waals surface area contributed by atoms with Crippen LogP contribution in [0.15, 0.2) is 53.1 Å². The van der Waals surface area contributed by atoms with Crippen LogP contribution in [0.5, 0.6) is 0 Å². The lowest BCUT2D eigenvalue weighted by molar-refractivity contribution is -0.660. The zero-order chi connectivity index (χ0) is 28.9. The Kier molecular flexibility index (Phi) is 5.01. The highest BCUT2D eigenvalue weighted by Gasteiger charge is 2.39. The second kappa shape index (κ2) is 8.65. The molecule has 1 fully saturated rings. The fourth-order valence-corrected chi connectivity index (χ4v) is 7.26. The van der Waals surface area contributed by atoms with Crippen molar-refractivity contribution in [1.29, 1.82) is 0 Å². The van der Waals surface area contributed by atoms with Crippen LogP contribution in [0.25, 0.3) is 44.2 Å². The van der Waals surface area contributed by atoms with Gasteiger partial charge in [-0.2, -0.15) is 0 Å². The van der Waals surface area contributed by atoms with Gasteiger partial charge in [0, 0.05) is 31.0 Å². The number of aromatic nitrogens is 2. The van der Waals surface area contributed by atoms with Gasteiger partial charge in [-0.3, -0.25) is 0 Å². The van der Waals surface area contributed by atoms with Gasteiger partial charge in [-0.15, -0.1) is 0 Å². The summed E-state index contributed by atoms with van der Waals surface area (Å²) in [4.78, 5) is 5.25. The third-order valence-electron chi connectivity index (χ3n) is 9.72. The van der Waals surface area contributed by atoms with E-state index in [1.807, 2.05) is 19.3 Å². The molecule has 2 aromatic carbocycles. The zero-order valence-corrected chi connectivity index (χ0v) is 24.2. The Labute approximate surface area is 235 Å². The molecule has 2 aliphatic carbocycles. The number of rotatable bonds is 3. The van der Waals surface area contributed by atoms with Gasteiger partial charge in [0.05, 0.1) is 11.1 Å². The van der Waals surface area contributed by atoms with E-state index < -0.39 is 6.37 Å². The van der Waals surface area contributed by atoms with Crippen molar-refractivity contribution >= 4 is 33.0 Å². The number of nitrogens with zero attached hydrogens (tertiary/aromatic N) is 2. The summed E-state index contributed by atoms with van der Waals surface area (Å²) < 4.78 is 26.9. The van der Waals surface area contributed by atoms with Gasteiger partial charge in [0.1, 0.15) is 7.05 Å². The highest BCUT2D eigenvalue weighted by Crippen LogP contribution is 2.49. The highest BCUT2D eigenvalue weighted by molar-refractivity contribution is 6.11. The number of hydrogen-bond donors (Lipinski definition) is 0. The first-order valence-electron chi connectivity index (χ1n) is 15.7. The topological polar surface area (TPSA) is 29.9 Å². The molecule has 39 heavy (non-hydrogen) atoms. The second-order valence-corrected chi connectivity index (χ2v) is 13.4. The van der Waals surface area contributed by atoms with Crippen molar-refractivity contribution < 1.29 is 11.7 Å². The molecule has 7 rings (SSSR count). The largest absolute Gasteiger partial charge is 0.437 e. The maximum absolute atomic E-state index is 9.04. The molecule has 2 aliphatic rings. The Morgan fingerprint density at radius 1 is 0.974 bits per heavy atom. The van der Waals surface area contributed by atoms with Crippen LogP contribution in [-0.2, 0) is 24.3 Å². The Balaban J connectivity index is 1.47. The Morgan fingerprint density at radius 2 is 1.74 bits per heavy atom. The summed E-state index contributed by atoms with van der Waals surface area (Å²) in [7, 11) is 2.04. The number of fused-ring (bicyclic) bond motifs is 6. The van der Waals surface area contributed by atoms with Crippen molar-refractivity contribution in [2.45, 2.75) is 90.3 Å². The smallest absolute Gasteiger partial charge is 0.227 e. The average molecular weight is 520 g/mol. The number of hydrogen-bond acceptors (Lipinski definition) is 2. The third kappa shape index (κ3) is 3.91. The van der Waals surface area contributed by atoms with Crippen molar-refractivity contribution in [2.24, 2.45) is 13.0 Å². The van der Waals surface area contributed by atoms with Gasteiger partial charge in [-0.05, 0) is 71.2 Å². The molecule has 0 aliphatic heterocycles. The third-order valence-corrected chi connectivity index (χ3v) is 9.72. The van der Waals surface area contributed by atoms with Crippen LogP contribution >= 0.6 is 0 Å². The molecule has 3 heteroatoms. The molecule has 3 heterocycles. The molecule has 1 saturated carbocycles. The van der Waals surface area contributed by atoms with Crippen molar-refractivity contribution in [2.75, 3.05) is 0 Å². The molecular formula is C36H41N2O+. The van der Waals surface area contributed by atoms with E-state index in [-0.39, 0.29) is 16.7 Å². The lowest BCUT2D eigenvalue weighted by Crippen LogP contribution is -2.34. The van der Waals surface area contributed by atoms with Gasteiger partial charge in [0.15, 0.2) is 11.8 Å². The van der Waals surface area contributed by atoms with Gasteiger partial charge in [0.25, 0.3) is 0 Å².